The molecule has 0 aliphatic heterocycles. The number of rotatable bonds is 8. The van der Waals surface area contributed by atoms with Crippen LogP contribution in [0.25, 0.3) is 0 Å². The Bertz CT molecular complexity index is 427. The van der Waals surface area contributed by atoms with E-state index in [-0.39, 0.29) is 17.7 Å². The lowest BCUT2D eigenvalue weighted by atomic mass is 10.1. The normalized spacial score (nSPS) is 12.2. The number of halogens is 2. The number of carbonyl (C=O) groups is 1. The molecule has 0 bridgehead atoms. The highest BCUT2D eigenvalue weighted by Gasteiger charge is 2.11. The van der Waals surface area contributed by atoms with Crippen LogP contribution in [-0.4, -0.2) is 26.1 Å². The van der Waals surface area contributed by atoms with E-state index in [1.165, 1.54) is 12.1 Å². The summed E-state index contributed by atoms with van der Waals surface area (Å²) < 4.78 is 28.6. The molecule has 0 heterocycles. The van der Waals surface area contributed by atoms with E-state index in [9.17, 15) is 13.6 Å². The SMILES string of the molecule is CNCCCC(=O)NC(C)c1cccc(OC(F)F)c1. The quantitative estimate of drug-likeness (QED) is 0.722. The van der Waals surface area contributed by atoms with Crippen LogP contribution >= 0.6 is 0 Å². The van der Waals surface area contributed by atoms with E-state index < -0.39 is 6.61 Å². The predicted molar refractivity (Wildman–Crippen MR) is 72.8 cm³/mol. The first-order chi connectivity index (χ1) is 9.52. The summed E-state index contributed by atoms with van der Waals surface area (Å²) in [6, 6.07) is 6.09. The number of benzene rings is 1. The Kier molecular flexibility index (Phi) is 6.93. The average Bonchev–Trinajstić information content (AvgIpc) is 2.38. The maximum atomic E-state index is 12.1. The first-order valence-corrected chi connectivity index (χ1v) is 6.51. The van der Waals surface area contributed by atoms with E-state index in [0.717, 1.165) is 18.5 Å². The molecule has 4 nitrogen and oxygen atoms in total. The highest BCUT2D eigenvalue weighted by Crippen LogP contribution is 2.20. The molecule has 0 aliphatic carbocycles. The molecule has 0 fully saturated rings. The minimum Gasteiger partial charge on any atom is -0.435 e. The summed E-state index contributed by atoms with van der Waals surface area (Å²) in [7, 11) is 1.83. The molecule has 1 rings (SSSR count). The number of amides is 1. The first kappa shape index (κ1) is 16.4. The van der Waals surface area contributed by atoms with Gasteiger partial charge in [0.15, 0.2) is 0 Å². The average molecular weight is 286 g/mol. The molecule has 0 saturated heterocycles. The van der Waals surface area contributed by atoms with Crippen LogP contribution in [-0.2, 0) is 4.79 Å². The molecule has 0 radical (unpaired) electrons. The maximum absolute atomic E-state index is 12.1. The molecule has 112 valence electrons. The standard InChI is InChI=1S/C14H20F2N2O2/c1-10(18-13(19)7-4-8-17-2)11-5-3-6-12(9-11)20-14(15)16/h3,5-6,9-10,14,17H,4,7-8H2,1-2H3,(H,18,19). The summed E-state index contributed by atoms with van der Waals surface area (Å²) in [4.78, 5) is 11.7. The van der Waals surface area contributed by atoms with E-state index in [1.807, 2.05) is 7.05 Å². The molecule has 1 unspecified atom stereocenters. The van der Waals surface area contributed by atoms with Crippen LogP contribution in [0, 0.1) is 0 Å². The molecule has 0 aromatic heterocycles. The zero-order valence-corrected chi connectivity index (χ0v) is 11.7. The van der Waals surface area contributed by atoms with Crippen molar-refractivity contribution in [1.82, 2.24) is 10.6 Å². The van der Waals surface area contributed by atoms with E-state index in [4.69, 9.17) is 0 Å². The van der Waals surface area contributed by atoms with Crippen LogP contribution in [0.3, 0.4) is 0 Å². The predicted octanol–water partition coefficient (Wildman–Crippen LogP) is 2.46. The second-order valence-corrected chi connectivity index (χ2v) is 4.45. The number of ether oxygens (including phenoxy) is 1. The molecule has 1 amide bonds. The van der Waals surface area contributed by atoms with Crippen molar-refractivity contribution < 1.29 is 18.3 Å². The zero-order valence-electron chi connectivity index (χ0n) is 11.7. The number of hydrogen-bond acceptors (Lipinski definition) is 3. The zero-order chi connectivity index (χ0) is 15.0. The van der Waals surface area contributed by atoms with Crippen molar-refractivity contribution in [3.05, 3.63) is 29.8 Å². The van der Waals surface area contributed by atoms with E-state index in [1.54, 1.807) is 19.1 Å². The number of alkyl halides is 2. The van der Waals surface area contributed by atoms with E-state index in [0.29, 0.717) is 6.42 Å². The van der Waals surface area contributed by atoms with Crippen LogP contribution in [0.2, 0.25) is 0 Å². The lowest BCUT2D eigenvalue weighted by molar-refractivity contribution is -0.121. The minimum absolute atomic E-state index is 0.0621. The summed E-state index contributed by atoms with van der Waals surface area (Å²) >= 11 is 0. The van der Waals surface area contributed by atoms with Crippen LogP contribution < -0.4 is 15.4 Å². The molecule has 6 heteroatoms. The Labute approximate surface area is 117 Å². The summed E-state index contributed by atoms with van der Waals surface area (Å²) in [5.41, 5.74) is 0.727. The van der Waals surface area contributed by atoms with Gasteiger partial charge in [0.05, 0.1) is 6.04 Å². The Morgan fingerprint density at radius 2 is 2.15 bits per heavy atom. The summed E-state index contributed by atoms with van der Waals surface area (Å²) in [5, 5.41) is 5.79. The van der Waals surface area contributed by atoms with E-state index >= 15 is 0 Å². The fourth-order valence-electron chi connectivity index (χ4n) is 1.78. The van der Waals surface area contributed by atoms with Gasteiger partial charge in [-0.3, -0.25) is 4.79 Å². The van der Waals surface area contributed by atoms with Crippen molar-refractivity contribution in [2.24, 2.45) is 0 Å². The third-order valence-corrected chi connectivity index (χ3v) is 2.79. The van der Waals surface area contributed by atoms with Crippen LogP contribution in [0.4, 0.5) is 8.78 Å². The molecule has 1 aromatic carbocycles. The van der Waals surface area contributed by atoms with Gasteiger partial charge in [-0.25, -0.2) is 0 Å². The maximum Gasteiger partial charge on any atom is 0.387 e. The van der Waals surface area contributed by atoms with Gasteiger partial charge in [0.1, 0.15) is 5.75 Å². The first-order valence-electron chi connectivity index (χ1n) is 6.51. The smallest absolute Gasteiger partial charge is 0.387 e. The van der Waals surface area contributed by atoms with Gasteiger partial charge >= 0.3 is 6.61 Å². The third kappa shape index (κ3) is 5.97. The van der Waals surface area contributed by atoms with Crippen LogP contribution in [0.15, 0.2) is 24.3 Å². The Morgan fingerprint density at radius 1 is 1.40 bits per heavy atom. The van der Waals surface area contributed by atoms with Crippen molar-refractivity contribution in [2.45, 2.75) is 32.4 Å². The molecule has 0 saturated carbocycles. The molecule has 2 N–H and O–H groups in total. The molecule has 0 spiro atoms. The largest absolute Gasteiger partial charge is 0.435 e. The van der Waals surface area contributed by atoms with Crippen molar-refractivity contribution in [3.63, 3.8) is 0 Å². The van der Waals surface area contributed by atoms with Gasteiger partial charge < -0.3 is 15.4 Å². The molecule has 1 atom stereocenters. The molecule has 0 aliphatic rings. The Hall–Kier alpha value is -1.69. The highest BCUT2D eigenvalue weighted by molar-refractivity contribution is 5.76. The monoisotopic (exact) mass is 286 g/mol. The van der Waals surface area contributed by atoms with Crippen LogP contribution in [0.1, 0.15) is 31.4 Å². The molecule has 1 aromatic rings. The van der Waals surface area contributed by atoms with Gasteiger partial charge in [-0.05, 0) is 44.6 Å². The van der Waals surface area contributed by atoms with Gasteiger partial charge in [-0.1, -0.05) is 12.1 Å². The van der Waals surface area contributed by atoms with Crippen LogP contribution in [0.5, 0.6) is 5.75 Å². The van der Waals surface area contributed by atoms with Gasteiger partial charge in [0, 0.05) is 6.42 Å². The fourth-order valence-corrected chi connectivity index (χ4v) is 1.78. The summed E-state index contributed by atoms with van der Waals surface area (Å²) in [5.74, 6) is 0.0294. The minimum atomic E-state index is -2.85. The lowest BCUT2D eigenvalue weighted by Crippen LogP contribution is -2.27. The fraction of sp³-hybridized carbons (Fsp3) is 0.500. The topological polar surface area (TPSA) is 50.4 Å². The van der Waals surface area contributed by atoms with E-state index in [2.05, 4.69) is 15.4 Å². The van der Waals surface area contributed by atoms with Crippen molar-refractivity contribution in [3.8, 4) is 5.75 Å². The highest BCUT2D eigenvalue weighted by atomic mass is 19.3. The summed E-state index contributed by atoms with van der Waals surface area (Å²) in [6.45, 7) is -0.270. The Morgan fingerprint density at radius 3 is 2.80 bits per heavy atom. The molecule has 20 heavy (non-hydrogen) atoms. The lowest BCUT2D eigenvalue weighted by Gasteiger charge is -2.15. The van der Waals surface area contributed by atoms with Gasteiger partial charge in [0.25, 0.3) is 0 Å². The van der Waals surface area contributed by atoms with Gasteiger partial charge in [0.2, 0.25) is 5.91 Å². The molecular formula is C14H20F2N2O2. The third-order valence-electron chi connectivity index (χ3n) is 2.79. The number of carbonyl (C=O) groups excluding carboxylic acids is 1. The second-order valence-electron chi connectivity index (χ2n) is 4.45. The molecular weight excluding hydrogens is 266 g/mol. The van der Waals surface area contributed by atoms with Gasteiger partial charge in [-0.2, -0.15) is 8.78 Å². The number of hydrogen-bond donors (Lipinski definition) is 2. The van der Waals surface area contributed by atoms with Crippen molar-refractivity contribution >= 4 is 5.91 Å². The second kappa shape index (κ2) is 8.47. The van der Waals surface area contributed by atoms with Gasteiger partial charge in [-0.15, -0.1) is 0 Å². The summed E-state index contributed by atoms with van der Waals surface area (Å²) in [6.07, 6.45) is 1.18. The van der Waals surface area contributed by atoms with Crippen molar-refractivity contribution in [1.29, 1.82) is 0 Å². The Balaban J connectivity index is 2.54. The number of nitrogens with one attached hydrogen (secondary N) is 2. The van der Waals surface area contributed by atoms with Crippen molar-refractivity contribution in [2.75, 3.05) is 13.6 Å².